The predicted octanol–water partition coefficient (Wildman–Crippen LogP) is 1.93. The fourth-order valence-corrected chi connectivity index (χ4v) is 3.37. The topological polar surface area (TPSA) is 86.7 Å². The second-order valence-electron chi connectivity index (χ2n) is 5.74. The maximum atomic E-state index is 13.7. The van der Waals surface area contributed by atoms with Crippen molar-refractivity contribution >= 4 is 15.9 Å². The van der Waals surface area contributed by atoms with Gasteiger partial charge in [0.15, 0.2) is 0 Å². The number of hydrogen-bond acceptors (Lipinski definition) is 4. The molecule has 140 valence electrons. The van der Waals surface area contributed by atoms with E-state index in [9.17, 15) is 22.7 Å². The highest BCUT2D eigenvalue weighted by Crippen LogP contribution is 2.18. The van der Waals surface area contributed by atoms with Gasteiger partial charge in [-0.3, -0.25) is 4.79 Å². The van der Waals surface area contributed by atoms with E-state index in [0.29, 0.717) is 6.54 Å². The van der Waals surface area contributed by atoms with Crippen LogP contribution in [0.4, 0.5) is 4.39 Å². The van der Waals surface area contributed by atoms with Crippen LogP contribution in [0.2, 0.25) is 0 Å². The lowest BCUT2D eigenvalue weighted by molar-refractivity contribution is 0.0802. The van der Waals surface area contributed by atoms with E-state index < -0.39 is 28.5 Å². The van der Waals surface area contributed by atoms with E-state index in [0.717, 1.165) is 0 Å². The van der Waals surface area contributed by atoms with E-state index in [1.807, 2.05) is 6.92 Å². The van der Waals surface area contributed by atoms with Crippen molar-refractivity contribution in [3.05, 3.63) is 65.5 Å². The van der Waals surface area contributed by atoms with Crippen molar-refractivity contribution in [3.8, 4) is 0 Å². The Kier molecular flexibility index (Phi) is 6.47. The second kappa shape index (κ2) is 8.39. The zero-order chi connectivity index (χ0) is 19.3. The molecule has 0 spiro atoms. The summed E-state index contributed by atoms with van der Waals surface area (Å²) < 4.78 is 40.7. The van der Waals surface area contributed by atoms with Crippen molar-refractivity contribution in [2.75, 3.05) is 20.1 Å². The predicted molar refractivity (Wildman–Crippen MR) is 95.6 cm³/mol. The molecule has 2 N–H and O–H groups in total. The Morgan fingerprint density at radius 2 is 1.92 bits per heavy atom. The number of carbonyl (C=O) groups excluding carboxylic acids is 1. The largest absolute Gasteiger partial charge is 0.387 e. The molecule has 0 aromatic heterocycles. The van der Waals surface area contributed by atoms with Crippen molar-refractivity contribution in [1.29, 1.82) is 0 Å². The number of nitrogens with zero attached hydrogens (tertiary/aromatic N) is 1. The molecular formula is C18H21FN2O4S. The zero-order valence-corrected chi connectivity index (χ0v) is 15.3. The van der Waals surface area contributed by atoms with Gasteiger partial charge in [0.2, 0.25) is 10.0 Å². The first-order chi connectivity index (χ1) is 12.3. The highest BCUT2D eigenvalue weighted by Gasteiger charge is 2.20. The molecule has 1 atom stereocenters. The number of aliphatic hydroxyl groups excluding tert-OH is 1. The van der Waals surface area contributed by atoms with Crippen LogP contribution in [0.5, 0.6) is 0 Å². The molecule has 0 radical (unpaired) electrons. The lowest BCUT2D eigenvalue weighted by Gasteiger charge is -2.16. The standard InChI is InChI=1S/C18H21FN2O4S/c1-3-21(2)18(23)13-7-6-8-14(11-13)26(24,25)20-12-17(22)15-9-4-5-10-16(15)19/h4-11,17,20,22H,3,12H2,1-2H3. The fourth-order valence-electron chi connectivity index (χ4n) is 2.29. The molecule has 0 saturated carbocycles. The molecule has 8 heteroatoms. The van der Waals surface area contributed by atoms with Crippen LogP contribution in [0, 0.1) is 5.82 Å². The van der Waals surface area contributed by atoms with Gasteiger partial charge in [0.05, 0.1) is 11.0 Å². The third kappa shape index (κ3) is 4.66. The monoisotopic (exact) mass is 380 g/mol. The van der Waals surface area contributed by atoms with Gasteiger partial charge < -0.3 is 10.0 Å². The van der Waals surface area contributed by atoms with Crippen LogP contribution in [0.15, 0.2) is 53.4 Å². The van der Waals surface area contributed by atoms with Crippen LogP contribution in [0.3, 0.4) is 0 Å². The number of carbonyl (C=O) groups is 1. The van der Waals surface area contributed by atoms with Gasteiger partial charge in [0, 0.05) is 31.3 Å². The molecule has 1 unspecified atom stereocenters. The summed E-state index contributed by atoms with van der Waals surface area (Å²) in [7, 11) is -2.35. The Morgan fingerprint density at radius 3 is 2.58 bits per heavy atom. The summed E-state index contributed by atoms with van der Waals surface area (Å²) in [5.74, 6) is -0.912. The highest BCUT2D eigenvalue weighted by molar-refractivity contribution is 7.89. The number of hydrogen-bond donors (Lipinski definition) is 2. The molecule has 6 nitrogen and oxygen atoms in total. The summed E-state index contributed by atoms with van der Waals surface area (Å²) in [4.78, 5) is 13.5. The van der Waals surface area contributed by atoms with Crippen molar-refractivity contribution in [3.63, 3.8) is 0 Å². The minimum Gasteiger partial charge on any atom is -0.387 e. The first-order valence-corrected chi connectivity index (χ1v) is 9.52. The van der Waals surface area contributed by atoms with Crippen LogP contribution in [-0.2, 0) is 10.0 Å². The van der Waals surface area contributed by atoms with Gasteiger partial charge in [-0.05, 0) is 31.2 Å². The smallest absolute Gasteiger partial charge is 0.253 e. The van der Waals surface area contributed by atoms with Gasteiger partial charge in [-0.2, -0.15) is 0 Å². The molecule has 2 aromatic rings. The lowest BCUT2D eigenvalue weighted by Crippen LogP contribution is -2.30. The molecular weight excluding hydrogens is 359 g/mol. The molecule has 0 fully saturated rings. The highest BCUT2D eigenvalue weighted by atomic mass is 32.2. The van der Waals surface area contributed by atoms with E-state index >= 15 is 0 Å². The number of halogens is 1. The fraction of sp³-hybridized carbons (Fsp3) is 0.278. The van der Waals surface area contributed by atoms with E-state index in [-0.39, 0.29) is 21.9 Å². The van der Waals surface area contributed by atoms with Crippen molar-refractivity contribution in [2.24, 2.45) is 0 Å². The van der Waals surface area contributed by atoms with Crippen LogP contribution in [0.1, 0.15) is 28.9 Å². The van der Waals surface area contributed by atoms with Crippen molar-refractivity contribution < 1.29 is 22.7 Å². The van der Waals surface area contributed by atoms with Crippen LogP contribution < -0.4 is 4.72 Å². The maximum absolute atomic E-state index is 13.7. The normalized spacial score (nSPS) is 12.6. The molecule has 0 aliphatic heterocycles. The van der Waals surface area contributed by atoms with E-state index in [4.69, 9.17) is 0 Å². The third-order valence-electron chi connectivity index (χ3n) is 3.94. The SMILES string of the molecule is CCN(C)C(=O)c1cccc(S(=O)(=O)NCC(O)c2ccccc2F)c1. The summed E-state index contributed by atoms with van der Waals surface area (Å²) >= 11 is 0. The van der Waals surface area contributed by atoms with E-state index in [1.165, 1.54) is 47.4 Å². The minimum absolute atomic E-state index is 0.00343. The van der Waals surface area contributed by atoms with Gasteiger partial charge >= 0.3 is 0 Å². The van der Waals surface area contributed by atoms with Gasteiger partial charge in [-0.25, -0.2) is 17.5 Å². The molecule has 26 heavy (non-hydrogen) atoms. The molecule has 0 bridgehead atoms. The van der Waals surface area contributed by atoms with Crippen LogP contribution >= 0.6 is 0 Å². The summed E-state index contributed by atoms with van der Waals surface area (Å²) in [5.41, 5.74) is 0.246. The number of benzene rings is 2. The Labute approximate surface area is 152 Å². The Hall–Kier alpha value is -2.29. The van der Waals surface area contributed by atoms with Crippen LogP contribution in [0.25, 0.3) is 0 Å². The molecule has 0 aliphatic carbocycles. The molecule has 1 amide bonds. The molecule has 0 aliphatic rings. The van der Waals surface area contributed by atoms with Gasteiger partial charge in [-0.15, -0.1) is 0 Å². The maximum Gasteiger partial charge on any atom is 0.253 e. The van der Waals surface area contributed by atoms with Crippen LogP contribution in [-0.4, -0.2) is 44.5 Å². The van der Waals surface area contributed by atoms with Crippen molar-refractivity contribution in [1.82, 2.24) is 9.62 Å². The Morgan fingerprint density at radius 1 is 1.23 bits per heavy atom. The summed E-state index contributed by atoms with van der Waals surface area (Å²) in [6, 6.07) is 11.2. The average Bonchev–Trinajstić information content (AvgIpc) is 2.65. The third-order valence-corrected chi connectivity index (χ3v) is 5.36. The second-order valence-corrected chi connectivity index (χ2v) is 7.50. The van der Waals surface area contributed by atoms with E-state index in [2.05, 4.69) is 4.72 Å². The van der Waals surface area contributed by atoms with Gasteiger partial charge in [0.25, 0.3) is 5.91 Å². The number of rotatable bonds is 7. The van der Waals surface area contributed by atoms with Crippen molar-refractivity contribution in [2.45, 2.75) is 17.9 Å². The number of sulfonamides is 1. The summed E-state index contributed by atoms with van der Waals surface area (Å²) in [6.45, 7) is 1.91. The Balaban J connectivity index is 2.15. The molecule has 0 saturated heterocycles. The molecule has 0 heterocycles. The lowest BCUT2D eigenvalue weighted by atomic mass is 10.1. The van der Waals surface area contributed by atoms with E-state index in [1.54, 1.807) is 13.1 Å². The minimum atomic E-state index is -3.97. The first kappa shape index (κ1) is 20.0. The average molecular weight is 380 g/mol. The number of nitrogens with one attached hydrogen (secondary N) is 1. The zero-order valence-electron chi connectivity index (χ0n) is 14.5. The van der Waals surface area contributed by atoms with Gasteiger partial charge in [0.1, 0.15) is 5.82 Å². The quantitative estimate of drug-likeness (QED) is 0.768. The van der Waals surface area contributed by atoms with Gasteiger partial charge in [-0.1, -0.05) is 24.3 Å². The summed E-state index contributed by atoms with van der Waals surface area (Å²) in [5, 5.41) is 10.0. The summed E-state index contributed by atoms with van der Waals surface area (Å²) in [6.07, 6.45) is -1.33. The Bertz CT molecular complexity index is 886. The first-order valence-electron chi connectivity index (χ1n) is 8.04. The number of amides is 1. The number of aliphatic hydroxyl groups is 1. The molecule has 2 aromatic carbocycles. The molecule has 2 rings (SSSR count).